The number of hydrogen-bond donors (Lipinski definition) is 1. The number of hydrogen-bond acceptors (Lipinski definition) is 5. The Morgan fingerprint density at radius 1 is 1.32 bits per heavy atom. The quantitative estimate of drug-likeness (QED) is 0.748. The van der Waals surface area contributed by atoms with Gasteiger partial charge in [0.1, 0.15) is 11.9 Å². The molecule has 0 spiro atoms. The van der Waals surface area contributed by atoms with Crippen LogP contribution in [0.4, 0.5) is 10.5 Å². The van der Waals surface area contributed by atoms with Gasteiger partial charge >= 0.3 is 6.09 Å². The molecule has 2 aliphatic rings. The van der Waals surface area contributed by atoms with Gasteiger partial charge in [-0.1, -0.05) is 27.7 Å². The molecule has 0 saturated carbocycles. The number of amides is 1. The number of nitriles is 1. The molecule has 0 radical (unpaired) electrons. The van der Waals surface area contributed by atoms with Crippen LogP contribution in [0.5, 0.6) is 5.75 Å². The number of piperidine rings is 1. The van der Waals surface area contributed by atoms with Crippen LogP contribution < -0.4 is 9.64 Å². The lowest BCUT2D eigenvalue weighted by Gasteiger charge is -2.52. The molecule has 4 atom stereocenters. The van der Waals surface area contributed by atoms with Gasteiger partial charge in [-0.25, -0.2) is 4.79 Å². The molecule has 1 aromatic rings. The van der Waals surface area contributed by atoms with Crippen LogP contribution in [0.1, 0.15) is 47.0 Å². The molecule has 7 nitrogen and oxygen atoms in total. The highest BCUT2D eigenvalue weighted by atomic mass is 16.5. The highest BCUT2D eigenvalue weighted by Gasteiger charge is 2.50. The standard InChI is InChI=1S/C24H35N3O4/c1-23(2,3)24(4)16-26(22(28)29)13-11-21(24)31-19-8-6-17(7-9-19)27-15-20(30-5)14-18(27)10-12-25/h6-9,18,20-21H,10-11,13-16H2,1-5H3,(H,28,29)/t18-,20+,21-,24+/m0/s1. The van der Waals surface area contributed by atoms with Gasteiger partial charge in [0.05, 0.1) is 18.6 Å². The fourth-order valence-electron chi connectivity index (χ4n) is 4.78. The topological polar surface area (TPSA) is 86.0 Å². The lowest BCUT2D eigenvalue weighted by molar-refractivity contribution is -0.0768. The molecule has 1 aromatic carbocycles. The zero-order valence-electron chi connectivity index (χ0n) is 19.3. The molecule has 31 heavy (non-hydrogen) atoms. The van der Waals surface area contributed by atoms with Gasteiger partial charge in [0.2, 0.25) is 0 Å². The molecule has 0 aliphatic carbocycles. The molecule has 1 amide bonds. The lowest BCUT2D eigenvalue weighted by Crippen LogP contribution is -2.59. The summed E-state index contributed by atoms with van der Waals surface area (Å²) in [6, 6.07) is 10.5. The molecule has 0 aromatic heterocycles. The zero-order valence-corrected chi connectivity index (χ0v) is 19.3. The fourth-order valence-corrected chi connectivity index (χ4v) is 4.78. The van der Waals surface area contributed by atoms with Gasteiger partial charge < -0.3 is 24.4 Å². The molecule has 2 aliphatic heterocycles. The van der Waals surface area contributed by atoms with E-state index in [0.29, 0.717) is 25.9 Å². The monoisotopic (exact) mass is 429 g/mol. The van der Waals surface area contributed by atoms with Crippen molar-refractivity contribution in [3.63, 3.8) is 0 Å². The first-order valence-corrected chi connectivity index (χ1v) is 11.0. The highest BCUT2D eigenvalue weighted by Crippen LogP contribution is 2.46. The molecular weight excluding hydrogens is 394 g/mol. The second-order valence-electron chi connectivity index (χ2n) is 10.0. The van der Waals surface area contributed by atoms with Gasteiger partial charge in [-0.05, 0) is 36.1 Å². The number of ether oxygens (including phenoxy) is 2. The van der Waals surface area contributed by atoms with Crippen molar-refractivity contribution in [2.45, 2.75) is 65.2 Å². The van der Waals surface area contributed by atoms with Crippen LogP contribution in [-0.2, 0) is 4.74 Å². The fraction of sp³-hybridized carbons (Fsp3) is 0.667. The summed E-state index contributed by atoms with van der Waals surface area (Å²) >= 11 is 0. The number of likely N-dealkylation sites (tertiary alicyclic amines) is 1. The van der Waals surface area contributed by atoms with E-state index in [1.165, 1.54) is 4.90 Å². The van der Waals surface area contributed by atoms with Gasteiger partial charge in [0.25, 0.3) is 0 Å². The van der Waals surface area contributed by atoms with Crippen molar-refractivity contribution in [1.82, 2.24) is 4.90 Å². The highest BCUT2D eigenvalue weighted by molar-refractivity contribution is 5.65. The normalized spacial score (nSPS) is 29.0. The number of benzene rings is 1. The number of nitrogens with zero attached hydrogens (tertiary/aromatic N) is 3. The van der Waals surface area contributed by atoms with Crippen LogP contribution in [0, 0.1) is 22.2 Å². The van der Waals surface area contributed by atoms with Crippen LogP contribution in [0.25, 0.3) is 0 Å². The van der Waals surface area contributed by atoms with Gasteiger partial charge in [-0.3, -0.25) is 0 Å². The number of rotatable bonds is 5. The van der Waals surface area contributed by atoms with Crippen molar-refractivity contribution < 1.29 is 19.4 Å². The zero-order chi connectivity index (χ0) is 22.8. The summed E-state index contributed by atoms with van der Waals surface area (Å²) in [6.45, 7) is 10.3. The van der Waals surface area contributed by atoms with Gasteiger partial charge in [0, 0.05) is 50.3 Å². The minimum absolute atomic E-state index is 0.0788. The Kier molecular flexibility index (Phi) is 6.70. The van der Waals surface area contributed by atoms with E-state index in [9.17, 15) is 9.90 Å². The first kappa shape index (κ1) is 23.2. The van der Waals surface area contributed by atoms with Gasteiger partial charge in [-0.15, -0.1) is 0 Å². The van der Waals surface area contributed by atoms with E-state index in [1.54, 1.807) is 7.11 Å². The van der Waals surface area contributed by atoms with E-state index in [0.717, 1.165) is 24.4 Å². The summed E-state index contributed by atoms with van der Waals surface area (Å²) in [4.78, 5) is 15.3. The van der Waals surface area contributed by atoms with Gasteiger partial charge in [-0.2, -0.15) is 5.26 Å². The third-order valence-electron chi connectivity index (χ3n) is 7.36. The molecule has 1 N–H and O–H groups in total. The van der Waals surface area contributed by atoms with Crippen molar-refractivity contribution in [3.8, 4) is 11.8 Å². The van der Waals surface area contributed by atoms with Crippen molar-refractivity contribution in [3.05, 3.63) is 24.3 Å². The largest absolute Gasteiger partial charge is 0.490 e. The van der Waals surface area contributed by atoms with E-state index in [1.807, 2.05) is 24.3 Å². The van der Waals surface area contributed by atoms with E-state index in [-0.39, 0.29) is 29.1 Å². The van der Waals surface area contributed by atoms with Crippen molar-refractivity contribution in [2.75, 3.05) is 31.6 Å². The van der Waals surface area contributed by atoms with Crippen LogP contribution in [0.2, 0.25) is 0 Å². The van der Waals surface area contributed by atoms with Gasteiger partial charge in [0.15, 0.2) is 0 Å². The molecule has 2 saturated heterocycles. The maximum absolute atomic E-state index is 11.6. The average molecular weight is 430 g/mol. The molecule has 7 heteroatoms. The molecule has 2 fully saturated rings. The molecule has 170 valence electrons. The number of anilines is 1. The average Bonchev–Trinajstić information content (AvgIpc) is 3.12. The summed E-state index contributed by atoms with van der Waals surface area (Å²) in [5, 5.41) is 18.7. The van der Waals surface area contributed by atoms with Crippen LogP contribution in [0.3, 0.4) is 0 Å². The first-order valence-electron chi connectivity index (χ1n) is 11.0. The Morgan fingerprint density at radius 3 is 2.55 bits per heavy atom. The van der Waals surface area contributed by atoms with Crippen molar-refractivity contribution >= 4 is 11.8 Å². The predicted molar refractivity (Wildman–Crippen MR) is 119 cm³/mol. The number of methoxy groups -OCH3 is 1. The minimum Gasteiger partial charge on any atom is -0.490 e. The van der Waals surface area contributed by atoms with Crippen LogP contribution in [-0.4, -0.2) is 61.1 Å². The maximum atomic E-state index is 11.6. The summed E-state index contributed by atoms with van der Waals surface area (Å²) in [5.41, 5.74) is 0.619. The Balaban J connectivity index is 1.75. The smallest absolute Gasteiger partial charge is 0.407 e. The first-order chi connectivity index (χ1) is 14.6. The maximum Gasteiger partial charge on any atom is 0.407 e. The molecule has 3 rings (SSSR count). The molecular formula is C24H35N3O4. The second kappa shape index (κ2) is 8.96. The molecule has 0 bridgehead atoms. The lowest BCUT2D eigenvalue weighted by atomic mass is 9.62. The summed E-state index contributed by atoms with van der Waals surface area (Å²) in [5.74, 6) is 0.785. The van der Waals surface area contributed by atoms with E-state index in [2.05, 4.69) is 38.7 Å². The van der Waals surface area contributed by atoms with Crippen molar-refractivity contribution in [1.29, 1.82) is 5.26 Å². The summed E-state index contributed by atoms with van der Waals surface area (Å²) in [7, 11) is 1.72. The Labute approximate surface area is 185 Å². The molecule has 0 unspecified atom stereocenters. The summed E-state index contributed by atoms with van der Waals surface area (Å²) < 4.78 is 12.0. The van der Waals surface area contributed by atoms with Crippen molar-refractivity contribution in [2.24, 2.45) is 10.8 Å². The van der Waals surface area contributed by atoms with Crippen LogP contribution >= 0.6 is 0 Å². The molecule has 2 heterocycles. The van der Waals surface area contributed by atoms with E-state index in [4.69, 9.17) is 14.7 Å². The Hall–Kier alpha value is -2.46. The Bertz CT molecular complexity index is 814. The SMILES string of the molecule is CO[C@@H]1C[C@H](CC#N)N(c2ccc(O[C@H]3CCN(C(=O)O)C[C@@]3(C)C(C)(C)C)cc2)C1. The Morgan fingerprint density at radius 2 is 2.00 bits per heavy atom. The van der Waals surface area contributed by atoms with E-state index < -0.39 is 6.09 Å². The summed E-state index contributed by atoms with van der Waals surface area (Å²) in [6.07, 6.45) is 1.18. The number of carbonyl (C=O) groups is 1. The third-order valence-corrected chi connectivity index (χ3v) is 7.36. The number of carboxylic acid groups (broad SMARTS) is 1. The van der Waals surface area contributed by atoms with E-state index >= 15 is 0 Å². The van der Waals surface area contributed by atoms with Crippen LogP contribution in [0.15, 0.2) is 24.3 Å². The third kappa shape index (κ3) is 4.74. The predicted octanol–water partition coefficient (Wildman–Crippen LogP) is 4.38. The minimum atomic E-state index is -0.870. The second-order valence-corrected chi connectivity index (χ2v) is 10.0.